The van der Waals surface area contributed by atoms with E-state index in [1.165, 1.54) is 28.6 Å². The van der Waals surface area contributed by atoms with E-state index in [-0.39, 0.29) is 23.0 Å². The maximum atomic E-state index is 12.6. The minimum atomic E-state index is -3.55. The molecule has 12 heteroatoms. The van der Waals surface area contributed by atoms with Crippen molar-refractivity contribution < 1.29 is 27.3 Å². The molecule has 1 aliphatic heterocycles. The molecule has 1 aromatic carbocycles. The molecular weight excluding hydrogens is 416 g/mol. The second kappa shape index (κ2) is 9.61. The summed E-state index contributed by atoms with van der Waals surface area (Å²) < 4.78 is 36.6. The summed E-state index contributed by atoms with van der Waals surface area (Å²) in [6.45, 7) is 1.42. The first-order valence-corrected chi connectivity index (χ1v) is 10.5. The Labute approximate surface area is 172 Å². The molecule has 2 aromatic rings. The summed E-state index contributed by atoms with van der Waals surface area (Å²) >= 11 is 0. The van der Waals surface area contributed by atoms with E-state index < -0.39 is 20.8 Å². The van der Waals surface area contributed by atoms with Crippen molar-refractivity contribution in [2.75, 3.05) is 26.3 Å². The lowest BCUT2D eigenvalue weighted by atomic mass is 10.1. The van der Waals surface area contributed by atoms with Crippen LogP contribution in [0.1, 0.15) is 17.7 Å². The Balaban J connectivity index is 1.48. The van der Waals surface area contributed by atoms with Gasteiger partial charge in [0, 0.05) is 19.5 Å². The number of hydrogen-bond donors (Lipinski definition) is 1. The third-order valence-electron chi connectivity index (χ3n) is 4.35. The minimum Gasteiger partial charge on any atom is -0.400 e. The van der Waals surface area contributed by atoms with Gasteiger partial charge in [0.25, 0.3) is 0 Å². The Bertz CT molecular complexity index is 1030. The number of nitrogens with one attached hydrogen (secondary N) is 1. The molecule has 1 N–H and O–H groups in total. The fourth-order valence-corrected chi connectivity index (χ4v) is 4.16. The van der Waals surface area contributed by atoms with Crippen LogP contribution in [-0.4, -0.2) is 56.1 Å². The van der Waals surface area contributed by atoms with Gasteiger partial charge >= 0.3 is 5.88 Å². The summed E-state index contributed by atoms with van der Waals surface area (Å²) in [5.41, 5.74) is 3.11. The number of nitrogens with zero attached hydrogens (tertiary/aromatic N) is 3. The van der Waals surface area contributed by atoms with Crippen LogP contribution in [0.5, 0.6) is 0 Å². The Morgan fingerprint density at radius 2 is 1.90 bits per heavy atom. The number of furan rings is 1. The molecule has 2 heterocycles. The topological polar surface area (TPSA) is 144 Å². The first-order chi connectivity index (χ1) is 14.4. The molecule has 1 aliphatic rings. The lowest BCUT2D eigenvalue weighted by molar-refractivity contribution is -0.402. The lowest BCUT2D eigenvalue weighted by Gasteiger charge is -2.26. The summed E-state index contributed by atoms with van der Waals surface area (Å²) in [5.74, 6) is -0.641. The van der Waals surface area contributed by atoms with Gasteiger partial charge in [0.15, 0.2) is 5.76 Å². The van der Waals surface area contributed by atoms with E-state index in [1.54, 1.807) is 12.1 Å². The van der Waals surface area contributed by atoms with Crippen LogP contribution in [-0.2, 0) is 26.0 Å². The van der Waals surface area contributed by atoms with Crippen LogP contribution >= 0.6 is 0 Å². The zero-order valence-electron chi connectivity index (χ0n) is 15.9. The fourth-order valence-electron chi connectivity index (χ4n) is 2.76. The molecule has 0 spiro atoms. The Hall–Kier alpha value is -3.09. The second-order valence-electron chi connectivity index (χ2n) is 6.39. The average Bonchev–Trinajstić information content (AvgIpc) is 3.22. The summed E-state index contributed by atoms with van der Waals surface area (Å²) in [7, 11) is -3.55. The summed E-state index contributed by atoms with van der Waals surface area (Å²) in [6.07, 6.45) is 1.69. The lowest BCUT2D eigenvalue weighted by Crippen LogP contribution is -2.40. The van der Waals surface area contributed by atoms with Crippen LogP contribution in [0, 0.1) is 10.1 Å². The second-order valence-corrected chi connectivity index (χ2v) is 8.32. The number of hydrogen-bond acceptors (Lipinski definition) is 8. The maximum Gasteiger partial charge on any atom is 0.433 e. The number of nitro groups is 1. The van der Waals surface area contributed by atoms with Crippen molar-refractivity contribution in [2.45, 2.75) is 17.7 Å². The average molecular weight is 436 g/mol. The zero-order valence-corrected chi connectivity index (χ0v) is 16.7. The van der Waals surface area contributed by atoms with E-state index in [0.29, 0.717) is 32.7 Å². The normalized spacial score (nSPS) is 15.3. The van der Waals surface area contributed by atoms with Crippen LogP contribution in [0.4, 0.5) is 5.88 Å². The van der Waals surface area contributed by atoms with E-state index in [4.69, 9.17) is 9.15 Å². The van der Waals surface area contributed by atoms with Gasteiger partial charge < -0.3 is 9.15 Å². The van der Waals surface area contributed by atoms with Gasteiger partial charge in [-0.1, -0.05) is 12.1 Å². The number of benzene rings is 1. The number of carbonyl (C=O) groups is 1. The van der Waals surface area contributed by atoms with E-state index in [9.17, 15) is 23.3 Å². The van der Waals surface area contributed by atoms with Crippen LogP contribution in [0.2, 0.25) is 0 Å². The SMILES string of the molecule is O=C(CCc1ccc(S(=O)(=O)N2CCOCC2)cc1)N/N=C/c1ccc([N+](=O)[O-])o1. The molecule has 0 bridgehead atoms. The molecule has 160 valence electrons. The van der Waals surface area contributed by atoms with Crippen molar-refractivity contribution in [1.82, 2.24) is 9.73 Å². The molecule has 1 saturated heterocycles. The highest BCUT2D eigenvalue weighted by Crippen LogP contribution is 2.18. The Kier molecular flexibility index (Phi) is 6.92. The van der Waals surface area contributed by atoms with Crippen LogP contribution in [0.25, 0.3) is 0 Å². The first-order valence-electron chi connectivity index (χ1n) is 9.09. The first kappa shape index (κ1) is 21.6. The number of sulfonamides is 1. The van der Waals surface area contributed by atoms with Gasteiger partial charge in [0.05, 0.1) is 30.4 Å². The molecule has 0 radical (unpaired) electrons. The van der Waals surface area contributed by atoms with Crippen LogP contribution in [0.15, 0.2) is 50.8 Å². The van der Waals surface area contributed by atoms with Crippen molar-refractivity contribution in [1.29, 1.82) is 0 Å². The van der Waals surface area contributed by atoms with Crippen molar-refractivity contribution in [3.8, 4) is 0 Å². The predicted molar refractivity (Wildman–Crippen MR) is 105 cm³/mol. The number of aryl methyl sites for hydroxylation is 1. The molecule has 30 heavy (non-hydrogen) atoms. The molecule has 1 amide bonds. The minimum absolute atomic E-state index is 0.130. The molecule has 0 saturated carbocycles. The standard InChI is InChI=1S/C18H20N4O7S/c23-17(20-19-13-15-4-8-18(29-15)22(24)25)7-3-14-1-5-16(6-2-14)30(26,27)21-9-11-28-12-10-21/h1-2,4-6,8,13H,3,7,9-12H2,(H,20,23)/b19-13+. The zero-order chi connectivity index (χ0) is 21.6. The van der Waals surface area contributed by atoms with Gasteiger partial charge in [-0.25, -0.2) is 13.8 Å². The monoisotopic (exact) mass is 436 g/mol. The highest BCUT2D eigenvalue weighted by molar-refractivity contribution is 7.89. The van der Waals surface area contributed by atoms with Gasteiger partial charge in [-0.05, 0) is 30.2 Å². The Morgan fingerprint density at radius 1 is 1.20 bits per heavy atom. The molecule has 1 aromatic heterocycles. The quantitative estimate of drug-likeness (QED) is 0.373. The summed E-state index contributed by atoms with van der Waals surface area (Å²) in [4.78, 5) is 21.9. The third-order valence-corrected chi connectivity index (χ3v) is 6.26. The van der Waals surface area contributed by atoms with Crippen LogP contribution in [0.3, 0.4) is 0 Å². The molecule has 3 rings (SSSR count). The van der Waals surface area contributed by atoms with Gasteiger partial charge in [0.1, 0.15) is 4.92 Å². The number of amides is 1. The van der Waals surface area contributed by atoms with Crippen molar-refractivity contribution in [2.24, 2.45) is 5.10 Å². The predicted octanol–water partition coefficient (Wildman–Crippen LogP) is 1.29. The highest BCUT2D eigenvalue weighted by Gasteiger charge is 2.26. The maximum absolute atomic E-state index is 12.6. The number of morpholine rings is 1. The largest absolute Gasteiger partial charge is 0.433 e. The number of hydrazone groups is 1. The smallest absolute Gasteiger partial charge is 0.400 e. The van der Waals surface area contributed by atoms with Gasteiger partial charge in [-0.3, -0.25) is 14.9 Å². The van der Waals surface area contributed by atoms with E-state index >= 15 is 0 Å². The van der Waals surface area contributed by atoms with Crippen molar-refractivity contribution in [3.05, 3.63) is 57.8 Å². The molecule has 0 unspecified atom stereocenters. The molecule has 1 fully saturated rings. The van der Waals surface area contributed by atoms with Gasteiger partial charge in [0.2, 0.25) is 15.9 Å². The van der Waals surface area contributed by atoms with Gasteiger partial charge in [-0.15, -0.1) is 0 Å². The molecule has 0 atom stereocenters. The summed E-state index contributed by atoms with van der Waals surface area (Å²) in [6, 6.07) is 8.95. The molecular formula is C18H20N4O7S. The number of ether oxygens (including phenoxy) is 1. The Morgan fingerprint density at radius 3 is 2.53 bits per heavy atom. The van der Waals surface area contributed by atoms with Gasteiger partial charge in [-0.2, -0.15) is 9.41 Å². The van der Waals surface area contributed by atoms with E-state index in [2.05, 4.69) is 10.5 Å². The van der Waals surface area contributed by atoms with Crippen LogP contribution < -0.4 is 5.43 Å². The molecule has 0 aliphatic carbocycles. The van der Waals surface area contributed by atoms with Crippen molar-refractivity contribution in [3.63, 3.8) is 0 Å². The summed E-state index contributed by atoms with van der Waals surface area (Å²) in [5, 5.41) is 14.2. The van der Waals surface area contributed by atoms with E-state index in [1.807, 2.05) is 0 Å². The highest BCUT2D eigenvalue weighted by atomic mass is 32.2. The van der Waals surface area contributed by atoms with E-state index in [0.717, 1.165) is 11.8 Å². The number of rotatable bonds is 8. The third kappa shape index (κ3) is 5.49. The molecule has 11 nitrogen and oxygen atoms in total. The fraction of sp³-hybridized carbons (Fsp3) is 0.333. The number of carbonyl (C=O) groups excluding carboxylic acids is 1. The van der Waals surface area contributed by atoms with Crippen molar-refractivity contribution >= 4 is 28.0 Å².